The maximum Gasteiger partial charge on any atom is 0.391 e. The first-order chi connectivity index (χ1) is 8.31. The van der Waals surface area contributed by atoms with E-state index in [1.165, 1.54) is 25.3 Å². The zero-order chi connectivity index (χ0) is 13.8. The zero-order valence-corrected chi connectivity index (χ0v) is 9.58. The lowest BCUT2D eigenvalue weighted by Gasteiger charge is -2.15. The Morgan fingerprint density at radius 1 is 1.56 bits per heavy atom. The molecule has 18 heavy (non-hydrogen) atoms. The Kier molecular flexibility index (Phi) is 4.49. The normalized spacial score (nSPS) is 12.9. The van der Waals surface area contributed by atoms with Gasteiger partial charge in [-0.1, -0.05) is 0 Å². The Labute approximate surface area is 102 Å². The lowest BCUT2D eigenvalue weighted by molar-refractivity contribution is -0.138. The highest BCUT2D eigenvalue weighted by Crippen LogP contribution is 2.21. The zero-order valence-electron chi connectivity index (χ0n) is 9.58. The summed E-state index contributed by atoms with van der Waals surface area (Å²) >= 11 is 0. The molecule has 1 amide bonds. The molecule has 0 spiro atoms. The van der Waals surface area contributed by atoms with Crippen LogP contribution in [0.15, 0.2) is 18.3 Å². The van der Waals surface area contributed by atoms with E-state index in [1.807, 2.05) is 0 Å². The monoisotopic (exact) mass is 262 g/mol. The third-order valence-corrected chi connectivity index (χ3v) is 2.07. The van der Waals surface area contributed by atoms with E-state index in [0.29, 0.717) is 5.69 Å². The number of hydrazine groups is 1. The molecule has 1 heterocycles. The lowest BCUT2D eigenvalue weighted by atomic mass is 10.2. The van der Waals surface area contributed by atoms with Crippen LogP contribution in [0.3, 0.4) is 0 Å². The van der Waals surface area contributed by atoms with Crippen molar-refractivity contribution in [2.24, 2.45) is 5.84 Å². The van der Waals surface area contributed by atoms with Crippen molar-refractivity contribution in [2.45, 2.75) is 25.6 Å². The van der Waals surface area contributed by atoms with Gasteiger partial charge < -0.3 is 10.7 Å². The van der Waals surface area contributed by atoms with Crippen LogP contribution < -0.4 is 16.6 Å². The van der Waals surface area contributed by atoms with Gasteiger partial charge in [0.15, 0.2) is 0 Å². The number of amides is 1. The lowest BCUT2D eigenvalue weighted by Crippen LogP contribution is -2.36. The molecule has 1 aromatic rings. The van der Waals surface area contributed by atoms with Crippen LogP contribution in [0, 0.1) is 0 Å². The minimum atomic E-state index is -4.32. The first-order valence-corrected chi connectivity index (χ1v) is 5.12. The molecule has 0 aliphatic heterocycles. The number of alkyl halides is 3. The largest absolute Gasteiger partial charge is 0.391 e. The van der Waals surface area contributed by atoms with Gasteiger partial charge in [-0.05, 0) is 19.1 Å². The predicted molar refractivity (Wildman–Crippen MR) is 59.6 cm³/mol. The van der Waals surface area contributed by atoms with Crippen molar-refractivity contribution in [1.29, 1.82) is 0 Å². The van der Waals surface area contributed by atoms with Crippen molar-refractivity contribution in [2.75, 3.05) is 5.43 Å². The molecule has 0 fully saturated rings. The van der Waals surface area contributed by atoms with Crippen LogP contribution in [-0.4, -0.2) is 23.1 Å². The summed E-state index contributed by atoms with van der Waals surface area (Å²) < 4.78 is 36.3. The van der Waals surface area contributed by atoms with Crippen molar-refractivity contribution in [3.63, 3.8) is 0 Å². The second kappa shape index (κ2) is 5.67. The maximum atomic E-state index is 12.1. The average molecular weight is 262 g/mol. The number of nitrogen functional groups attached to an aromatic ring is 1. The Morgan fingerprint density at radius 2 is 2.22 bits per heavy atom. The van der Waals surface area contributed by atoms with Gasteiger partial charge >= 0.3 is 6.18 Å². The molecule has 0 saturated heterocycles. The third kappa shape index (κ3) is 4.58. The highest BCUT2D eigenvalue weighted by molar-refractivity contribution is 5.93. The average Bonchev–Trinajstić information content (AvgIpc) is 2.26. The number of hydrogen-bond acceptors (Lipinski definition) is 4. The summed E-state index contributed by atoms with van der Waals surface area (Å²) in [4.78, 5) is 15.3. The van der Waals surface area contributed by atoms with E-state index in [2.05, 4.69) is 15.7 Å². The number of carbonyl (C=O) groups excluding carboxylic acids is 1. The van der Waals surface area contributed by atoms with Crippen LogP contribution in [-0.2, 0) is 0 Å². The van der Waals surface area contributed by atoms with Crippen molar-refractivity contribution in [3.8, 4) is 0 Å². The summed E-state index contributed by atoms with van der Waals surface area (Å²) in [6.45, 7) is 1.27. The number of anilines is 1. The van der Waals surface area contributed by atoms with E-state index in [1.54, 1.807) is 0 Å². The molecule has 1 unspecified atom stereocenters. The van der Waals surface area contributed by atoms with Crippen LogP contribution >= 0.6 is 0 Å². The second-order valence-electron chi connectivity index (χ2n) is 3.77. The summed E-state index contributed by atoms with van der Waals surface area (Å²) in [5.74, 6) is 4.47. The van der Waals surface area contributed by atoms with E-state index in [4.69, 9.17) is 5.84 Å². The number of nitrogens with one attached hydrogen (secondary N) is 2. The molecule has 5 nitrogen and oxygen atoms in total. The van der Waals surface area contributed by atoms with Crippen LogP contribution in [0.2, 0.25) is 0 Å². The highest BCUT2D eigenvalue weighted by Gasteiger charge is 2.30. The molecule has 0 radical (unpaired) electrons. The fourth-order valence-corrected chi connectivity index (χ4v) is 1.34. The van der Waals surface area contributed by atoms with Crippen molar-refractivity contribution in [3.05, 3.63) is 24.0 Å². The number of carbonyl (C=O) groups is 1. The van der Waals surface area contributed by atoms with Gasteiger partial charge in [-0.15, -0.1) is 0 Å². The minimum Gasteiger partial charge on any atom is -0.348 e. The molecule has 0 aliphatic carbocycles. The van der Waals surface area contributed by atoms with E-state index in [-0.39, 0.29) is 5.69 Å². The Hall–Kier alpha value is -1.83. The number of nitrogens with zero attached hydrogens (tertiary/aromatic N) is 1. The van der Waals surface area contributed by atoms with Gasteiger partial charge in [0.25, 0.3) is 5.91 Å². The van der Waals surface area contributed by atoms with Crippen molar-refractivity contribution < 1.29 is 18.0 Å². The second-order valence-corrected chi connectivity index (χ2v) is 3.77. The molecular formula is C10H13F3N4O. The number of hydrogen-bond donors (Lipinski definition) is 3. The molecular weight excluding hydrogens is 249 g/mol. The minimum absolute atomic E-state index is 0.000487. The van der Waals surface area contributed by atoms with E-state index >= 15 is 0 Å². The topological polar surface area (TPSA) is 80.0 Å². The molecule has 0 aromatic carbocycles. The van der Waals surface area contributed by atoms with Gasteiger partial charge in [0.1, 0.15) is 5.69 Å². The number of nitrogens with two attached hydrogens (primary N) is 1. The number of rotatable bonds is 4. The van der Waals surface area contributed by atoms with Gasteiger partial charge in [0, 0.05) is 12.2 Å². The van der Waals surface area contributed by atoms with Crippen molar-refractivity contribution in [1.82, 2.24) is 10.3 Å². The summed E-state index contributed by atoms with van der Waals surface area (Å²) in [6, 6.07) is 1.85. The van der Waals surface area contributed by atoms with Gasteiger partial charge in [0.2, 0.25) is 0 Å². The Bertz CT molecular complexity index is 422. The standard InChI is InChI=1S/C10H13F3N4O/c1-6(5-10(11,12)13)16-9(18)8-4-7(17-14)2-3-15-8/h2-4,6H,5,14H2,1H3,(H,15,17)(H,16,18). The third-order valence-electron chi connectivity index (χ3n) is 2.07. The van der Waals surface area contributed by atoms with Crippen LogP contribution in [0.25, 0.3) is 0 Å². The summed E-state index contributed by atoms with van der Waals surface area (Å²) in [7, 11) is 0. The van der Waals surface area contributed by atoms with Gasteiger partial charge in [-0.25, -0.2) is 0 Å². The molecule has 100 valence electrons. The predicted octanol–water partition coefficient (Wildman–Crippen LogP) is 1.44. The SMILES string of the molecule is CC(CC(F)(F)F)NC(=O)c1cc(NN)ccn1. The fraction of sp³-hybridized carbons (Fsp3) is 0.400. The molecule has 4 N–H and O–H groups in total. The van der Waals surface area contributed by atoms with Crippen LogP contribution in [0.5, 0.6) is 0 Å². The number of halogens is 3. The van der Waals surface area contributed by atoms with Crippen molar-refractivity contribution >= 4 is 11.6 Å². The molecule has 1 aromatic heterocycles. The molecule has 1 rings (SSSR count). The van der Waals surface area contributed by atoms with Gasteiger partial charge in [0.05, 0.1) is 12.1 Å². The number of pyridine rings is 1. The summed E-state index contributed by atoms with van der Waals surface area (Å²) in [6.07, 6.45) is -4.08. The Balaban J connectivity index is 2.64. The first kappa shape index (κ1) is 14.2. The van der Waals surface area contributed by atoms with E-state index in [9.17, 15) is 18.0 Å². The van der Waals surface area contributed by atoms with Gasteiger partial charge in [-0.3, -0.25) is 15.6 Å². The maximum absolute atomic E-state index is 12.1. The fourth-order valence-electron chi connectivity index (χ4n) is 1.34. The first-order valence-electron chi connectivity index (χ1n) is 5.12. The van der Waals surface area contributed by atoms with Crippen LogP contribution in [0.1, 0.15) is 23.8 Å². The van der Waals surface area contributed by atoms with Gasteiger partial charge in [-0.2, -0.15) is 13.2 Å². The summed E-state index contributed by atoms with van der Waals surface area (Å²) in [5.41, 5.74) is 2.76. The molecule has 0 saturated carbocycles. The Morgan fingerprint density at radius 3 is 2.78 bits per heavy atom. The smallest absolute Gasteiger partial charge is 0.348 e. The molecule has 0 aliphatic rings. The highest BCUT2D eigenvalue weighted by atomic mass is 19.4. The van der Waals surface area contributed by atoms with Crippen LogP contribution in [0.4, 0.5) is 18.9 Å². The van der Waals surface area contributed by atoms with E-state index in [0.717, 1.165) is 0 Å². The summed E-state index contributed by atoms with van der Waals surface area (Å²) in [5, 5.41) is 2.21. The molecule has 1 atom stereocenters. The van der Waals surface area contributed by atoms with E-state index < -0.39 is 24.5 Å². The molecule has 8 heteroatoms. The quantitative estimate of drug-likeness (QED) is 0.566. The number of aromatic nitrogens is 1. The molecule has 0 bridgehead atoms.